The van der Waals surface area contributed by atoms with Gasteiger partial charge in [0.25, 0.3) is 5.91 Å². The van der Waals surface area contributed by atoms with Gasteiger partial charge in [0, 0.05) is 17.1 Å². The molecular formula is C23H28BrClN2O3. The van der Waals surface area contributed by atoms with Gasteiger partial charge < -0.3 is 15.0 Å². The third-order valence-corrected chi connectivity index (χ3v) is 5.37. The Morgan fingerprint density at radius 2 is 1.87 bits per heavy atom. The van der Waals surface area contributed by atoms with Gasteiger partial charge in [0.15, 0.2) is 6.61 Å². The van der Waals surface area contributed by atoms with Gasteiger partial charge in [-0.3, -0.25) is 9.59 Å². The van der Waals surface area contributed by atoms with E-state index in [0.717, 1.165) is 11.1 Å². The Morgan fingerprint density at radius 1 is 1.20 bits per heavy atom. The maximum absolute atomic E-state index is 13.1. The number of carbonyl (C=O) groups excluding carboxylic acids is 2. The quantitative estimate of drug-likeness (QED) is 0.580. The summed E-state index contributed by atoms with van der Waals surface area (Å²) in [5.41, 5.74) is 1.64. The Bertz CT molecular complexity index is 912. The summed E-state index contributed by atoms with van der Waals surface area (Å²) in [6.45, 7) is 9.56. The van der Waals surface area contributed by atoms with E-state index in [2.05, 4.69) is 21.2 Å². The lowest BCUT2D eigenvalue weighted by Gasteiger charge is -2.31. The van der Waals surface area contributed by atoms with E-state index < -0.39 is 11.6 Å². The molecule has 5 nitrogen and oxygen atoms in total. The summed E-state index contributed by atoms with van der Waals surface area (Å²) in [5.74, 6) is 0.0177. The summed E-state index contributed by atoms with van der Waals surface area (Å²) in [4.78, 5) is 27.4. The zero-order valence-corrected chi connectivity index (χ0v) is 20.3. The van der Waals surface area contributed by atoms with Crippen molar-refractivity contribution in [3.63, 3.8) is 0 Å². The lowest BCUT2D eigenvalue weighted by atomic mass is 10.1. The molecule has 0 aromatic heterocycles. The maximum atomic E-state index is 13.1. The lowest BCUT2D eigenvalue weighted by molar-refractivity contribution is -0.142. The predicted molar refractivity (Wildman–Crippen MR) is 124 cm³/mol. The number of hydrogen-bond donors (Lipinski definition) is 1. The second-order valence-electron chi connectivity index (χ2n) is 8.23. The fourth-order valence-corrected chi connectivity index (χ4v) is 3.64. The number of hydrogen-bond acceptors (Lipinski definition) is 3. The molecule has 2 rings (SSSR count). The summed E-state index contributed by atoms with van der Waals surface area (Å²) < 4.78 is 6.36. The van der Waals surface area contributed by atoms with Crippen molar-refractivity contribution in [2.45, 2.75) is 52.7 Å². The predicted octanol–water partition coefficient (Wildman–Crippen LogP) is 5.12. The van der Waals surface area contributed by atoms with Crippen LogP contribution in [0, 0.1) is 6.92 Å². The van der Waals surface area contributed by atoms with Crippen molar-refractivity contribution in [2.24, 2.45) is 0 Å². The van der Waals surface area contributed by atoms with Crippen LogP contribution >= 0.6 is 27.5 Å². The van der Waals surface area contributed by atoms with Gasteiger partial charge in [-0.2, -0.15) is 0 Å². The largest absolute Gasteiger partial charge is 0.483 e. The van der Waals surface area contributed by atoms with Gasteiger partial charge in [-0.1, -0.05) is 35.9 Å². The molecule has 1 N–H and O–H groups in total. The van der Waals surface area contributed by atoms with Crippen molar-refractivity contribution < 1.29 is 14.3 Å². The first-order chi connectivity index (χ1) is 14.0. The minimum absolute atomic E-state index is 0.195. The molecule has 2 aromatic rings. The molecule has 0 fully saturated rings. The number of benzene rings is 2. The molecule has 0 spiro atoms. The van der Waals surface area contributed by atoms with E-state index in [0.29, 0.717) is 21.8 Å². The number of halogens is 2. The molecule has 0 bridgehead atoms. The highest BCUT2D eigenvalue weighted by atomic mass is 79.9. The Balaban J connectivity index is 2.21. The van der Waals surface area contributed by atoms with Crippen molar-refractivity contribution >= 4 is 39.3 Å². The van der Waals surface area contributed by atoms with Gasteiger partial charge in [0.1, 0.15) is 11.8 Å². The van der Waals surface area contributed by atoms with Crippen LogP contribution < -0.4 is 10.1 Å². The minimum Gasteiger partial charge on any atom is -0.483 e. The Labute approximate surface area is 191 Å². The van der Waals surface area contributed by atoms with Crippen molar-refractivity contribution in [3.05, 3.63) is 63.1 Å². The normalized spacial score (nSPS) is 12.2. The Hall–Kier alpha value is -2.05. The van der Waals surface area contributed by atoms with E-state index in [1.54, 1.807) is 30.0 Å². The minimum atomic E-state index is -0.659. The van der Waals surface area contributed by atoms with Crippen LogP contribution in [-0.2, 0) is 16.1 Å². The molecule has 0 saturated heterocycles. The van der Waals surface area contributed by atoms with E-state index in [4.69, 9.17) is 16.3 Å². The summed E-state index contributed by atoms with van der Waals surface area (Å²) in [5, 5.41) is 3.51. The summed E-state index contributed by atoms with van der Waals surface area (Å²) >= 11 is 9.34. The first kappa shape index (κ1) is 24.2. The van der Waals surface area contributed by atoms with Crippen LogP contribution in [0.1, 0.15) is 38.8 Å². The van der Waals surface area contributed by atoms with Crippen molar-refractivity contribution in [3.8, 4) is 5.75 Å². The smallest absolute Gasteiger partial charge is 0.261 e. The van der Waals surface area contributed by atoms with Gasteiger partial charge >= 0.3 is 0 Å². The number of nitrogens with zero attached hydrogens (tertiary/aromatic N) is 1. The van der Waals surface area contributed by atoms with E-state index >= 15 is 0 Å². The number of amides is 2. The molecule has 0 heterocycles. The molecule has 0 radical (unpaired) electrons. The summed E-state index contributed by atoms with van der Waals surface area (Å²) in [6.07, 6.45) is 0. The van der Waals surface area contributed by atoms with Gasteiger partial charge in [0.05, 0.1) is 4.47 Å². The third kappa shape index (κ3) is 7.03. The van der Waals surface area contributed by atoms with Crippen LogP contribution in [0.2, 0.25) is 5.02 Å². The fraction of sp³-hybridized carbons (Fsp3) is 0.391. The molecule has 1 atom stereocenters. The second-order valence-corrected chi connectivity index (χ2v) is 9.52. The molecule has 1 unspecified atom stereocenters. The monoisotopic (exact) mass is 494 g/mol. The first-order valence-corrected chi connectivity index (χ1v) is 10.9. The molecule has 0 aliphatic heterocycles. The number of rotatable bonds is 7. The Kier molecular flexibility index (Phi) is 8.33. The highest BCUT2D eigenvalue weighted by Gasteiger charge is 2.29. The molecule has 2 aromatic carbocycles. The number of carbonyl (C=O) groups is 2. The van der Waals surface area contributed by atoms with Crippen molar-refractivity contribution in [2.75, 3.05) is 6.61 Å². The van der Waals surface area contributed by atoms with Crippen LogP contribution in [0.4, 0.5) is 0 Å². The molecule has 2 amide bonds. The molecule has 30 heavy (non-hydrogen) atoms. The molecule has 7 heteroatoms. The molecule has 0 aliphatic rings. The van der Waals surface area contributed by atoms with Crippen LogP contribution in [0.3, 0.4) is 0 Å². The van der Waals surface area contributed by atoms with Crippen LogP contribution in [0.15, 0.2) is 46.9 Å². The zero-order chi connectivity index (χ0) is 22.5. The van der Waals surface area contributed by atoms with E-state index in [1.807, 2.05) is 52.0 Å². The van der Waals surface area contributed by atoms with Crippen LogP contribution in [0.5, 0.6) is 5.75 Å². The average molecular weight is 496 g/mol. The SMILES string of the molecule is Cc1ccccc1CN(C(=O)COc1ccc(Cl)cc1Br)C(C)C(=O)NC(C)(C)C. The maximum Gasteiger partial charge on any atom is 0.261 e. The van der Waals surface area contributed by atoms with Gasteiger partial charge in [-0.15, -0.1) is 0 Å². The summed E-state index contributed by atoms with van der Waals surface area (Å²) in [7, 11) is 0. The molecule has 0 aliphatic carbocycles. The standard InChI is InChI=1S/C23H28BrClN2O3/c1-15-8-6-7-9-17(15)13-27(16(2)22(29)26-23(3,4)5)21(28)14-30-20-11-10-18(25)12-19(20)24/h6-12,16H,13-14H2,1-5H3,(H,26,29). The van der Waals surface area contributed by atoms with Crippen LogP contribution in [0.25, 0.3) is 0 Å². The second kappa shape index (κ2) is 10.3. The highest BCUT2D eigenvalue weighted by molar-refractivity contribution is 9.10. The number of nitrogens with one attached hydrogen (secondary N) is 1. The van der Waals surface area contributed by atoms with Crippen molar-refractivity contribution in [1.29, 1.82) is 0 Å². The third-order valence-electron chi connectivity index (χ3n) is 4.51. The zero-order valence-electron chi connectivity index (χ0n) is 18.0. The number of ether oxygens (including phenoxy) is 1. The van der Waals surface area contributed by atoms with Crippen molar-refractivity contribution in [1.82, 2.24) is 10.2 Å². The van der Waals surface area contributed by atoms with Gasteiger partial charge in [-0.05, 0) is 79.9 Å². The fourth-order valence-electron chi connectivity index (χ4n) is 2.84. The highest BCUT2D eigenvalue weighted by Crippen LogP contribution is 2.28. The summed E-state index contributed by atoms with van der Waals surface area (Å²) in [6, 6.07) is 12.2. The van der Waals surface area contributed by atoms with Crippen LogP contribution in [-0.4, -0.2) is 34.9 Å². The average Bonchev–Trinajstić information content (AvgIpc) is 2.64. The topological polar surface area (TPSA) is 58.6 Å². The molecule has 0 saturated carbocycles. The van der Waals surface area contributed by atoms with E-state index in [9.17, 15) is 9.59 Å². The van der Waals surface area contributed by atoms with Gasteiger partial charge in [0.2, 0.25) is 5.91 Å². The van der Waals surface area contributed by atoms with E-state index in [1.165, 1.54) is 0 Å². The lowest BCUT2D eigenvalue weighted by Crippen LogP contribution is -2.53. The Morgan fingerprint density at radius 3 is 2.47 bits per heavy atom. The van der Waals surface area contributed by atoms with Gasteiger partial charge in [-0.25, -0.2) is 0 Å². The molecular weight excluding hydrogens is 468 g/mol. The first-order valence-electron chi connectivity index (χ1n) is 9.72. The molecule has 162 valence electrons. The van der Waals surface area contributed by atoms with E-state index in [-0.39, 0.29) is 18.4 Å². The number of aryl methyl sites for hydroxylation is 1.